The first kappa shape index (κ1) is 11.7. The Labute approximate surface area is 100 Å². The van der Waals surface area contributed by atoms with Crippen LogP contribution in [0, 0.1) is 0 Å². The van der Waals surface area contributed by atoms with Crippen molar-refractivity contribution in [2.45, 2.75) is 6.92 Å². The van der Waals surface area contributed by atoms with Crippen LogP contribution >= 0.6 is 0 Å². The number of fused-ring (bicyclic) bond motifs is 1. The summed E-state index contributed by atoms with van der Waals surface area (Å²) in [5.41, 5.74) is 0. The predicted octanol–water partition coefficient (Wildman–Crippen LogP) is 3.08. The van der Waals surface area contributed by atoms with E-state index in [4.69, 9.17) is 4.18 Å². The molecule has 0 saturated heterocycles. The summed E-state index contributed by atoms with van der Waals surface area (Å²) in [6.45, 7) is 4.79. The van der Waals surface area contributed by atoms with Gasteiger partial charge >= 0.3 is 10.1 Å². The van der Waals surface area contributed by atoms with Gasteiger partial charge in [-0.1, -0.05) is 43.0 Å². The Bertz CT molecular complexity index is 667. The van der Waals surface area contributed by atoms with Gasteiger partial charge in [-0.15, -0.1) is 0 Å². The van der Waals surface area contributed by atoms with Crippen LogP contribution in [-0.4, -0.2) is 8.42 Å². The third-order valence-electron chi connectivity index (χ3n) is 2.38. The van der Waals surface area contributed by atoms with Crippen molar-refractivity contribution < 1.29 is 12.6 Å². The lowest BCUT2D eigenvalue weighted by atomic mass is 10.1. The van der Waals surface area contributed by atoms with Gasteiger partial charge in [0.1, 0.15) is 0 Å². The van der Waals surface area contributed by atoms with Crippen LogP contribution in [0.25, 0.3) is 10.8 Å². The van der Waals surface area contributed by atoms with Gasteiger partial charge in [0.25, 0.3) is 0 Å². The van der Waals surface area contributed by atoms with Crippen molar-refractivity contribution in [3.8, 4) is 5.75 Å². The third kappa shape index (κ3) is 2.31. The monoisotopic (exact) mass is 248 g/mol. The molecule has 88 valence electrons. The maximum atomic E-state index is 11.6. The molecule has 0 aliphatic rings. The van der Waals surface area contributed by atoms with E-state index in [2.05, 4.69) is 6.58 Å². The molecular formula is C13H12O3S. The molecule has 4 heteroatoms. The summed E-state index contributed by atoms with van der Waals surface area (Å²) < 4.78 is 28.3. The zero-order chi connectivity index (χ0) is 12.5. The van der Waals surface area contributed by atoms with Gasteiger partial charge in [-0.2, -0.15) is 8.42 Å². The summed E-state index contributed by atoms with van der Waals surface area (Å²) in [4.78, 5) is -0.00886. The van der Waals surface area contributed by atoms with Gasteiger partial charge in [-0.05, 0) is 18.4 Å². The standard InChI is InChI=1S/C13H12O3S/c1-10(2)17(14,15)16-13-9-5-7-11-6-3-4-8-12(11)13/h3-9H,1H2,2H3. The van der Waals surface area contributed by atoms with E-state index in [0.717, 1.165) is 10.8 Å². The lowest BCUT2D eigenvalue weighted by Gasteiger charge is -2.08. The van der Waals surface area contributed by atoms with Crippen molar-refractivity contribution in [3.05, 3.63) is 53.9 Å². The first-order valence-electron chi connectivity index (χ1n) is 5.08. The molecule has 0 unspecified atom stereocenters. The minimum atomic E-state index is -3.74. The molecule has 2 aromatic rings. The van der Waals surface area contributed by atoms with E-state index in [-0.39, 0.29) is 4.91 Å². The van der Waals surface area contributed by atoms with E-state index in [1.165, 1.54) is 6.92 Å². The fourth-order valence-electron chi connectivity index (χ4n) is 1.46. The molecule has 0 aliphatic heterocycles. The van der Waals surface area contributed by atoms with Crippen LogP contribution in [0.1, 0.15) is 6.92 Å². The minimum absolute atomic E-state index is 0.00886. The molecule has 0 N–H and O–H groups in total. The van der Waals surface area contributed by atoms with E-state index in [9.17, 15) is 8.42 Å². The van der Waals surface area contributed by atoms with Gasteiger partial charge in [0.2, 0.25) is 0 Å². The summed E-state index contributed by atoms with van der Waals surface area (Å²) in [6, 6.07) is 12.7. The summed E-state index contributed by atoms with van der Waals surface area (Å²) in [5, 5.41) is 1.70. The van der Waals surface area contributed by atoms with Crippen molar-refractivity contribution in [1.82, 2.24) is 0 Å². The molecule has 3 nitrogen and oxygen atoms in total. The predicted molar refractivity (Wildman–Crippen MR) is 68.3 cm³/mol. The highest BCUT2D eigenvalue weighted by atomic mass is 32.2. The second-order valence-electron chi connectivity index (χ2n) is 3.72. The molecule has 0 radical (unpaired) electrons. The SMILES string of the molecule is C=C(C)S(=O)(=O)Oc1cccc2ccccc12. The molecule has 0 amide bonds. The molecule has 2 rings (SSSR count). The van der Waals surface area contributed by atoms with Crippen LogP contribution in [0.4, 0.5) is 0 Å². The van der Waals surface area contributed by atoms with E-state index >= 15 is 0 Å². The molecule has 0 heterocycles. The number of benzene rings is 2. The summed E-state index contributed by atoms with van der Waals surface area (Å²) in [6.07, 6.45) is 0. The summed E-state index contributed by atoms with van der Waals surface area (Å²) in [7, 11) is -3.74. The summed E-state index contributed by atoms with van der Waals surface area (Å²) in [5.74, 6) is 0.325. The second-order valence-corrected chi connectivity index (χ2v) is 5.49. The Balaban J connectivity index is 2.54. The van der Waals surface area contributed by atoms with Crippen molar-refractivity contribution in [2.24, 2.45) is 0 Å². The first-order valence-corrected chi connectivity index (χ1v) is 6.49. The average Bonchev–Trinajstić information content (AvgIpc) is 2.29. The Morgan fingerprint density at radius 2 is 1.76 bits per heavy atom. The summed E-state index contributed by atoms with van der Waals surface area (Å²) >= 11 is 0. The molecule has 2 aromatic carbocycles. The normalized spacial score (nSPS) is 11.4. The van der Waals surface area contributed by atoms with Crippen LogP contribution in [0.15, 0.2) is 53.9 Å². The Morgan fingerprint density at radius 3 is 2.47 bits per heavy atom. The van der Waals surface area contributed by atoms with E-state index in [0.29, 0.717) is 5.75 Å². The highest BCUT2D eigenvalue weighted by molar-refractivity contribution is 7.91. The highest BCUT2D eigenvalue weighted by Crippen LogP contribution is 2.27. The quantitative estimate of drug-likeness (QED) is 0.784. The van der Waals surface area contributed by atoms with E-state index < -0.39 is 10.1 Å². The number of rotatable bonds is 3. The maximum absolute atomic E-state index is 11.6. The molecule has 0 aromatic heterocycles. The van der Waals surface area contributed by atoms with E-state index in [1.54, 1.807) is 12.1 Å². The molecule has 0 aliphatic carbocycles. The molecule has 17 heavy (non-hydrogen) atoms. The molecule has 0 spiro atoms. The molecular weight excluding hydrogens is 236 g/mol. The van der Waals surface area contributed by atoms with Crippen LogP contribution in [0.5, 0.6) is 5.75 Å². The highest BCUT2D eigenvalue weighted by Gasteiger charge is 2.15. The number of allylic oxidation sites excluding steroid dienone is 1. The van der Waals surface area contributed by atoms with Crippen molar-refractivity contribution in [1.29, 1.82) is 0 Å². The average molecular weight is 248 g/mol. The van der Waals surface area contributed by atoms with Gasteiger partial charge in [-0.25, -0.2) is 0 Å². The fraction of sp³-hybridized carbons (Fsp3) is 0.0769. The van der Waals surface area contributed by atoms with Gasteiger partial charge < -0.3 is 4.18 Å². The van der Waals surface area contributed by atoms with Crippen molar-refractivity contribution in [3.63, 3.8) is 0 Å². The lowest BCUT2D eigenvalue weighted by Crippen LogP contribution is -2.09. The largest absolute Gasteiger partial charge is 0.379 e. The van der Waals surface area contributed by atoms with Gasteiger partial charge in [0, 0.05) is 5.39 Å². The van der Waals surface area contributed by atoms with Crippen LogP contribution < -0.4 is 4.18 Å². The molecule has 0 fully saturated rings. The zero-order valence-electron chi connectivity index (χ0n) is 9.38. The third-order valence-corrected chi connectivity index (χ3v) is 3.63. The molecule has 0 bridgehead atoms. The maximum Gasteiger partial charge on any atom is 0.334 e. The van der Waals surface area contributed by atoms with Crippen LogP contribution in [0.3, 0.4) is 0 Å². The van der Waals surface area contributed by atoms with Crippen molar-refractivity contribution in [2.75, 3.05) is 0 Å². The first-order chi connectivity index (χ1) is 8.00. The van der Waals surface area contributed by atoms with Gasteiger partial charge in [-0.3, -0.25) is 0 Å². The van der Waals surface area contributed by atoms with Crippen LogP contribution in [-0.2, 0) is 10.1 Å². The Kier molecular flexibility index (Phi) is 2.90. The number of hydrogen-bond donors (Lipinski definition) is 0. The molecule has 0 atom stereocenters. The number of hydrogen-bond acceptors (Lipinski definition) is 3. The molecule has 0 saturated carbocycles. The zero-order valence-corrected chi connectivity index (χ0v) is 10.2. The van der Waals surface area contributed by atoms with E-state index in [1.807, 2.05) is 30.3 Å². The van der Waals surface area contributed by atoms with Crippen LogP contribution in [0.2, 0.25) is 0 Å². The Morgan fingerprint density at radius 1 is 1.12 bits per heavy atom. The smallest absolute Gasteiger partial charge is 0.334 e. The van der Waals surface area contributed by atoms with Crippen molar-refractivity contribution >= 4 is 20.9 Å². The van der Waals surface area contributed by atoms with Gasteiger partial charge in [0.05, 0.1) is 4.91 Å². The van der Waals surface area contributed by atoms with Gasteiger partial charge in [0.15, 0.2) is 5.75 Å². The topological polar surface area (TPSA) is 43.4 Å². The fourth-order valence-corrected chi connectivity index (χ4v) is 1.98. The second kappa shape index (κ2) is 4.22. The minimum Gasteiger partial charge on any atom is -0.379 e. The Hall–Kier alpha value is -1.81. The lowest BCUT2D eigenvalue weighted by molar-refractivity contribution is 0.496.